The predicted octanol–water partition coefficient (Wildman–Crippen LogP) is 0.344. The highest BCUT2D eigenvalue weighted by Gasteiger charge is 2.27. The van der Waals surface area contributed by atoms with E-state index in [-0.39, 0.29) is 5.91 Å². The van der Waals surface area contributed by atoms with E-state index in [0.29, 0.717) is 13.1 Å². The molecule has 0 atom stereocenters. The summed E-state index contributed by atoms with van der Waals surface area (Å²) in [5, 5.41) is 0. The Hall–Kier alpha value is -2.57. The van der Waals surface area contributed by atoms with E-state index in [0.717, 1.165) is 50.8 Å². The molecule has 1 fully saturated rings. The fourth-order valence-electron chi connectivity index (χ4n) is 4.30. The second kappa shape index (κ2) is 11.2. The van der Waals surface area contributed by atoms with Crippen molar-refractivity contribution in [2.24, 2.45) is 0 Å². The van der Waals surface area contributed by atoms with Gasteiger partial charge in [-0.15, -0.1) is 0 Å². The van der Waals surface area contributed by atoms with Gasteiger partial charge in [0, 0.05) is 18.7 Å². The zero-order chi connectivity index (χ0) is 22.2. The first-order valence-electron chi connectivity index (χ1n) is 11.2. The molecule has 0 aliphatic carbocycles. The van der Waals surface area contributed by atoms with Crippen LogP contribution in [0.4, 0.5) is 0 Å². The third kappa shape index (κ3) is 6.21. The van der Waals surface area contributed by atoms with E-state index in [4.69, 9.17) is 9.47 Å². The topological polar surface area (TPSA) is 47.7 Å². The third-order valence-corrected chi connectivity index (χ3v) is 6.30. The lowest BCUT2D eigenvalue weighted by Crippen LogP contribution is -3.28. The number of hydrogen-bond acceptors (Lipinski definition) is 3. The van der Waals surface area contributed by atoms with Crippen LogP contribution in [0.15, 0.2) is 42.5 Å². The molecule has 2 aromatic rings. The van der Waals surface area contributed by atoms with E-state index >= 15 is 0 Å². The summed E-state index contributed by atoms with van der Waals surface area (Å²) in [5.41, 5.74) is 3.72. The molecule has 3 rings (SSSR count). The molecule has 0 unspecified atom stereocenters. The number of nitrogens with zero attached hydrogens (tertiary/aromatic N) is 1. The van der Waals surface area contributed by atoms with Gasteiger partial charge in [0.15, 0.2) is 18.0 Å². The summed E-state index contributed by atoms with van der Waals surface area (Å²) >= 11 is 0. The summed E-state index contributed by atoms with van der Waals surface area (Å²) in [5.74, 6) is 1.82. The first-order chi connectivity index (χ1) is 15.0. The molecule has 0 saturated carbocycles. The van der Waals surface area contributed by atoms with Gasteiger partial charge in [-0.2, -0.15) is 0 Å². The Morgan fingerprint density at radius 3 is 2.19 bits per heavy atom. The second-order valence-electron chi connectivity index (χ2n) is 8.38. The van der Waals surface area contributed by atoms with Crippen molar-refractivity contribution < 1.29 is 24.1 Å². The maximum absolute atomic E-state index is 12.9. The van der Waals surface area contributed by atoms with E-state index in [1.807, 2.05) is 23.1 Å². The molecule has 0 aromatic heterocycles. The average Bonchev–Trinajstić information content (AvgIpc) is 2.80. The first kappa shape index (κ1) is 23.1. The molecule has 1 heterocycles. The van der Waals surface area contributed by atoms with Crippen molar-refractivity contribution in [3.05, 3.63) is 59.2 Å². The number of hydrogen-bond donors (Lipinski definition) is 2. The lowest BCUT2D eigenvalue weighted by atomic mass is 10.1. The van der Waals surface area contributed by atoms with Crippen LogP contribution in [0.25, 0.3) is 0 Å². The lowest BCUT2D eigenvalue weighted by molar-refractivity contribution is -1.02. The first-order valence-corrected chi connectivity index (χ1v) is 11.2. The Bertz CT molecular complexity index is 849. The molecule has 6 heteroatoms. The maximum Gasteiger partial charge on any atom is 0.278 e. The molecule has 1 aliphatic heterocycles. The number of aryl methyl sites for hydroxylation is 1. The fraction of sp³-hybridized carbons (Fsp3) is 0.480. The van der Waals surface area contributed by atoms with E-state index < -0.39 is 0 Å². The van der Waals surface area contributed by atoms with Crippen LogP contribution in [0.3, 0.4) is 0 Å². The van der Waals surface area contributed by atoms with E-state index in [1.54, 1.807) is 19.1 Å². The highest BCUT2D eigenvalue weighted by Crippen LogP contribution is 2.29. The third-order valence-electron chi connectivity index (χ3n) is 6.30. The smallest absolute Gasteiger partial charge is 0.278 e. The molecule has 168 valence electrons. The highest BCUT2D eigenvalue weighted by atomic mass is 16.5. The lowest BCUT2D eigenvalue weighted by Gasteiger charge is -2.31. The van der Waals surface area contributed by atoms with E-state index in [9.17, 15) is 4.79 Å². The van der Waals surface area contributed by atoms with Gasteiger partial charge in [-0.3, -0.25) is 4.79 Å². The molecular formula is C25H37N3O3+2. The number of benzene rings is 2. The van der Waals surface area contributed by atoms with Gasteiger partial charge >= 0.3 is 0 Å². The molecule has 6 nitrogen and oxygen atoms in total. The predicted molar refractivity (Wildman–Crippen MR) is 122 cm³/mol. The Morgan fingerprint density at radius 2 is 1.58 bits per heavy atom. The van der Waals surface area contributed by atoms with Gasteiger partial charge in [0.1, 0.15) is 32.7 Å². The van der Waals surface area contributed by atoms with Crippen molar-refractivity contribution in [3.63, 3.8) is 0 Å². The molecule has 0 radical (unpaired) electrons. The van der Waals surface area contributed by atoms with Gasteiger partial charge in [0.05, 0.1) is 14.2 Å². The zero-order valence-corrected chi connectivity index (χ0v) is 19.4. The van der Waals surface area contributed by atoms with Crippen molar-refractivity contribution in [2.45, 2.75) is 26.9 Å². The SMILES string of the molecule is CCN(Cc1ccccc1)C(=O)C[NH+]1CC[NH+](Cc2cc(OC)c(OC)cc2C)CC1. The van der Waals surface area contributed by atoms with Crippen molar-refractivity contribution in [2.75, 3.05) is 53.5 Å². The highest BCUT2D eigenvalue weighted by molar-refractivity contribution is 5.77. The molecular weight excluding hydrogens is 390 g/mol. The van der Waals surface area contributed by atoms with Gasteiger partial charge in [-0.1, -0.05) is 30.3 Å². The molecule has 0 spiro atoms. The Morgan fingerprint density at radius 1 is 0.968 bits per heavy atom. The summed E-state index contributed by atoms with van der Waals surface area (Å²) in [4.78, 5) is 17.8. The van der Waals surface area contributed by atoms with Crippen LogP contribution in [0, 0.1) is 6.92 Å². The van der Waals surface area contributed by atoms with E-state index in [1.165, 1.54) is 21.6 Å². The molecule has 31 heavy (non-hydrogen) atoms. The Labute approximate surface area is 186 Å². The number of carbonyl (C=O) groups is 1. The normalized spacial score (nSPS) is 18.5. The zero-order valence-electron chi connectivity index (χ0n) is 19.4. The molecule has 1 amide bonds. The van der Waals surface area contributed by atoms with Gasteiger partial charge in [0.25, 0.3) is 5.91 Å². The van der Waals surface area contributed by atoms with Crippen LogP contribution in [0.1, 0.15) is 23.6 Å². The quantitative estimate of drug-likeness (QED) is 0.607. The number of carbonyl (C=O) groups excluding carboxylic acids is 1. The summed E-state index contributed by atoms with van der Waals surface area (Å²) in [6, 6.07) is 14.4. The summed E-state index contributed by atoms with van der Waals surface area (Å²) in [7, 11) is 3.35. The van der Waals surface area contributed by atoms with Crippen molar-refractivity contribution in [1.29, 1.82) is 0 Å². The van der Waals surface area contributed by atoms with Crippen LogP contribution in [-0.2, 0) is 17.9 Å². The molecule has 1 saturated heterocycles. The Kier molecular flexibility index (Phi) is 8.32. The maximum atomic E-state index is 12.9. The summed E-state index contributed by atoms with van der Waals surface area (Å²) in [6.07, 6.45) is 0. The van der Waals surface area contributed by atoms with Gasteiger partial charge in [-0.05, 0) is 37.1 Å². The molecule has 2 N–H and O–H groups in total. The molecule has 2 aromatic carbocycles. The monoisotopic (exact) mass is 427 g/mol. The fourth-order valence-corrected chi connectivity index (χ4v) is 4.30. The standard InChI is InChI=1S/C25H35N3O3/c1-5-28(17-21-9-7-6-8-10-21)25(29)19-27-13-11-26(12-14-27)18-22-16-24(31-4)23(30-3)15-20(22)2/h6-10,15-16H,5,11-14,17-19H2,1-4H3/p+2. The number of quaternary nitrogens is 2. The summed E-state index contributed by atoms with van der Waals surface area (Å²) < 4.78 is 10.9. The van der Waals surface area contributed by atoms with Gasteiger partial charge in [0.2, 0.25) is 0 Å². The Balaban J connectivity index is 1.51. The number of likely N-dealkylation sites (N-methyl/N-ethyl adjacent to an activating group) is 1. The van der Waals surface area contributed by atoms with E-state index in [2.05, 4.69) is 38.1 Å². The number of nitrogens with one attached hydrogen (secondary N) is 2. The minimum absolute atomic E-state index is 0.250. The number of piperazine rings is 1. The number of amides is 1. The number of rotatable bonds is 9. The number of methoxy groups -OCH3 is 2. The van der Waals surface area contributed by atoms with Crippen LogP contribution < -0.4 is 19.3 Å². The van der Waals surface area contributed by atoms with Crippen LogP contribution >= 0.6 is 0 Å². The van der Waals surface area contributed by atoms with Crippen molar-refractivity contribution in [1.82, 2.24) is 4.90 Å². The average molecular weight is 428 g/mol. The largest absolute Gasteiger partial charge is 0.493 e. The molecule has 1 aliphatic rings. The van der Waals surface area contributed by atoms with Crippen LogP contribution in [-0.4, -0.2) is 64.3 Å². The van der Waals surface area contributed by atoms with Crippen molar-refractivity contribution >= 4 is 5.91 Å². The minimum Gasteiger partial charge on any atom is -0.493 e. The second-order valence-corrected chi connectivity index (χ2v) is 8.38. The van der Waals surface area contributed by atoms with Crippen LogP contribution in [0.5, 0.6) is 11.5 Å². The number of ether oxygens (including phenoxy) is 2. The van der Waals surface area contributed by atoms with Gasteiger partial charge in [-0.25, -0.2) is 0 Å². The molecule has 0 bridgehead atoms. The summed E-state index contributed by atoms with van der Waals surface area (Å²) in [6.45, 7) is 11.4. The van der Waals surface area contributed by atoms with Crippen molar-refractivity contribution in [3.8, 4) is 11.5 Å². The van der Waals surface area contributed by atoms with Gasteiger partial charge < -0.3 is 24.2 Å². The van der Waals surface area contributed by atoms with Crippen LogP contribution in [0.2, 0.25) is 0 Å². The minimum atomic E-state index is 0.250.